The van der Waals surface area contributed by atoms with E-state index in [1.807, 2.05) is 40.7 Å². The molecule has 2 rings (SSSR count). The molecular weight excluding hydrogens is 403 g/mol. The molecule has 3 N–H and O–H groups in total. The second-order valence-electron chi connectivity index (χ2n) is 10.4. The topological polar surface area (TPSA) is 120 Å². The van der Waals surface area contributed by atoms with Crippen LogP contribution in [0, 0.1) is 17.2 Å². The summed E-state index contributed by atoms with van der Waals surface area (Å²) in [5.74, 6) is -1.57. The van der Waals surface area contributed by atoms with E-state index in [1.165, 1.54) is 0 Å². The molecule has 0 bridgehead atoms. The van der Waals surface area contributed by atoms with Gasteiger partial charge in [0.2, 0.25) is 17.7 Å². The van der Waals surface area contributed by atoms with Crippen molar-refractivity contribution in [3.63, 3.8) is 0 Å². The van der Waals surface area contributed by atoms with E-state index in [0.717, 1.165) is 0 Å². The number of amides is 3. The molecule has 0 aromatic heterocycles. The minimum absolute atomic E-state index is 0.0410. The van der Waals surface area contributed by atoms with Crippen LogP contribution in [0.2, 0.25) is 0 Å². The van der Waals surface area contributed by atoms with Crippen LogP contribution in [0.4, 0.5) is 4.39 Å². The number of hydrogen-bond donors (Lipinski definition) is 3. The van der Waals surface area contributed by atoms with E-state index in [4.69, 9.17) is 4.74 Å². The second-order valence-corrected chi connectivity index (χ2v) is 10.4. The van der Waals surface area contributed by atoms with Gasteiger partial charge in [0, 0.05) is 17.9 Å². The van der Waals surface area contributed by atoms with Gasteiger partial charge in [-0.2, -0.15) is 5.26 Å². The maximum atomic E-state index is 14.4. The Balaban J connectivity index is 1.94. The maximum Gasteiger partial charge on any atom is 0.243 e. The third-order valence-electron chi connectivity index (χ3n) is 5.46. The van der Waals surface area contributed by atoms with Gasteiger partial charge in [0.05, 0.1) is 24.7 Å². The number of alkyl halides is 1. The van der Waals surface area contributed by atoms with Crippen LogP contribution in [0.25, 0.3) is 0 Å². The van der Waals surface area contributed by atoms with Crippen LogP contribution in [-0.4, -0.2) is 53.2 Å². The van der Waals surface area contributed by atoms with Gasteiger partial charge < -0.3 is 20.7 Å². The van der Waals surface area contributed by atoms with Crippen molar-refractivity contribution in [3.8, 4) is 6.07 Å². The molecule has 0 unspecified atom stereocenters. The largest absolute Gasteiger partial charge is 0.375 e. The molecule has 2 aliphatic rings. The fourth-order valence-corrected chi connectivity index (χ4v) is 3.72. The number of nitrogens with one attached hydrogen (secondary N) is 3. The number of carbonyl (C=O) groups excluding carboxylic acids is 3. The zero-order valence-corrected chi connectivity index (χ0v) is 19.1. The Labute approximate surface area is 183 Å². The molecule has 0 radical (unpaired) electrons. The molecule has 3 amide bonds. The van der Waals surface area contributed by atoms with Crippen LogP contribution < -0.4 is 16.0 Å². The molecule has 9 heteroatoms. The first-order chi connectivity index (χ1) is 14.2. The number of nitrogens with zero attached hydrogens (tertiary/aromatic N) is 1. The quantitative estimate of drug-likeness (QED) is 0.481. The summed E-state index contributed by atoms with van der Waals surface area (Å²) in [5.41, 5.74) is -2.21. The van der Waals surface area contributed by atoms with Gasteiger partial charge in [0.1, 0.15) is 17.8 Å². The number of hydrogen-bond acceptors (Lipinski definition) is 5. The van der Waals surface area contributed by atoms with E-state index >= 15 is 0 Å². The first-order valence-corrected chi connectivity index (χ1v) is 10.9. The van der Waals surface area contributed by atoms with Crippen molar-refractivity contribution in [2.24, 2.45) is 5.92 Å². The summed E-state index contributed by atoms with van der Waals surface area (Å²) in [6, 6.07) is 0.0161. The van der Waals surface area contributed by atoms with Gasteiger partial charge in [0.25, 0.3) is 0 Å². The summed E-state index contributed by atoms with van der Waals surface area (Å²) < 4.78 is 19.9. The summed E-state index contributed by atoms with van der Waals surface area (Å²) in [5, 5.41) is 17.5. The highest BCUT2D eigenvalue weighted by Gasteiger charge is 2.47. The molecule has 0 spiro atoms. The average molecular weight is 439 g/mol. The van der Waals surface area contributed by atoms with Crippen molar-refractivity contribution in [2.75, 3.05) is 6.61 Å². The number of carbonyl (C=O) groups is 3. The zero-order chi connectivity index (χ0) is 23.4. The van der Waals surface area contributed by atoms with Crippen LogP contribution >= 0.6 is 0 Å². The monoisotopic (exact) mass is 438 g/mol. The second kappa shape index (κ2) is 9.51. The lowest BCUT2D eigenvalue weighted by Crippen LogP contribution is -2.51. The molecule has 0 aromatic rings. The number of ether oxygens (including phenoxy) is 1. The summed E-state index contributed by atoms with van der Waals surface area (Å²) in [6.45, 7) is 9.59. The van der Waals surface area contributed by atoms with Crippen LogP contribution in [-0.2, 0) is 19.1 Å². The Morgan fingerprint density at radius 3 is 2.45 bits per heavy atom. The van der Waals surface area contributed by atoms with Crippen molar-refractivity contribution in [2.45, 2.75) is 102 Å². The molecule has 0 aromatic carbocycles. The van der Waals surface area contributed by atoms with Gasteiger partial charge in [-0.25, -0.2) is 4.39 Å². The molecule has 2 fully saturated rings. The lowest BCUT2D eigenvalue weighted by Gasteiger charge is -2.23. The SMILES string of the molecule is CC1(C)C[C@@H](C[C@@H](C#N)NC(=O)[C@@H](CC2(F)CC2)NC(=O)CCOC(C)(C)C)C(=O)N1. The third kappa shape index (κ3) is 8.44. The molecule has 1 saturated carbocycles. The zero-order valence-electron chi connectivity index (χ0n) is 19.1. The van der Waals surface area contributed by atoms with E-state index in [0.29, 0.717) is 19.3 Å². The maximum absolute atomic E-state index is 14.4. The highest BCUT2D eigenvalue weighted by Crippen LogP contribution is 2.43. The Bertz CT molecular complexity index is 737. The van der Waals surface area contributed by atoms with E-state index in [-0.39, 0.29) is 37.3 Å². The predicted octanol–water partition coefficient (Wildman–Crippen LogP) is 1.88. The molecule has 8 nitrogen and oxygen atoms in total. The molecule has 174 valence electrons. The Kier molecular flexibility index (Phi) is 7.69. The van der Waals surface area contributed by atoms with Crippen molar-refractivity contribution in [3.05, 3.63) is 0 Å². The predicted molar refractivity (Wildman–Crippen MR) is 112 cm³/mol. The molecule has 1 aliphatic heterocycles. The molecule has 3 atom stereocenters. The van der Waals surface area contributed by atoms with E-state index in [1.54, 1.807) is 0 Å². The third-order valence-corrected chi connectivity index (χ3v) is 5.46. The van der Waals surface area contributed by atoms with Crippen molar-refractivity contribution < 1.29 is 23.5 Å². The average Bonchev–Trinajstić information content (AvgIpc) is 3.27. The van der Waals surface area contributed by atoms with Crippen molar-refractivity contribution in [1.29, 1.82) is 5.26 Å². The Hall–Kier alpha value is -2.21. The van der Waals surface area contributed by atoms with Crippen molar-refractivity contribution in [1.82, 2.24) is 16.0 Å². The number of halogens is 1. The van der Waals surface area contributed by atoms with E-state index in [2.05, 4.69) is 16.0 Å². The molecular formula is C22H35FN4O4. The fraction of sp³-hybridized carbons (Fsp3) is 0.818. The minimum Gasteiger partial charge on any atom is -0.375 e. The van der Waals surface area contributed by atoms with Crippen molar-refractivity contribution >= 4 is 17.7 Å². The summed E-state index contributed by atoms with van der Waals surface area (Å²) in [6.07, 6.45) is 1.32. The highest BCUT2D eigenvalue weighted by molar-refractivity contribution is 5.88. The lowest BCUT2D eigenvalue weighted by atomic mass is 9.92. The molecule has 1 heterocycles. The van der Waals surface area contributed by atoms with Gasteiger partial charge in [-0.15, -0.1) is 0 Å². The Morgan fingerprint density at radius 1 is 1.32 bits per heavy atom. The van der Waals surface area contributed by atoms with E-state index < -0.39 is 41.1 Å². The molecule has 1 aliphatic carbocycles. The summed E-state index contributed by atoms with van der Waals surface area (Å²) in [7, 11) is 0. The van der Waals surface area contributed by atoms with Crippen LogP contribution in [0.3, 0.4) is 0 Å². The van der Waals surface area contributed by atoms with Gasteiger partial charge >= 0.3 is 0 Å². The minimum atomic E-state index is -1.46. The summed E-state index contributed by atoms with van der Waals surface area (Å²) >= 11 is 0. The van der Waals surface area contributed by atoms with Crippen LogP contribution in [0.5, 0.6) is 0 Å². The standard InChI is InChI=1S/C22H35FN4O4/c1-20(2,3)31-9-6-17(28)26-16(12-22(23)7-8-22)19(30)25-15(13-24)10-14-11-21(4,5)27-18(14)29/h14-16H,6-12H2,1-5H3,(H,25,30)(H,26,28)(H,27,29)/t14-,15+,16-/m1/s1. The van der Waals surface area contributed by atoms with Gasteiger partial charge in [-0.3, -0.25) is 14.4 Å². The number of nitriles is 1. The van der Waals surface area contributed by atoms with Crippen LogP contribution in [0.15, 0.2) is 0 Å². The fourth-order valence-electron chi connectivity index (χ4n) is 3.72. The number of rotatable bonds is 10. The summed E-state index contributed by atoms with van der Waals surface area (Å²) in [4.78, 5) is 37.2. The molecule has 1 saturated heterocycles. The smallest absolute Gasteiger partial charge is 0.243 e. The van der Waals surface area contributed by atoms with Crippen LogP contribution in [0.1, 0.15) is 73.1 Å². The van der Waals surface area contributed by atoms with Gasteiger partial charge in [-0.1, -0.05) is 0 Å². The normalized spacial score (nSPS) is 23.3. The molecule has 31 heavy (non-hydrogen) atoms. The first-order valence-electron chi connectivity index (χ1n) is 10.9. The van der Waals surface area contributed by atoms with Gasteiger partial charge in [0.15, 0.2) is 0 Å². The van der Waals surface area contributed by atoms with E-state index in [9.17, 15) is 24.0 Å². The lowest BCUT2D eigenvalue weighted by molar-refractivity contribution is -0.131. The van der Waals surface area contributed by atoms with Gasteiger partial charge in [-0.05, 0) is 60.3 Å². The first kappa shape index (κ1) is 25.1. The highest BCUT2D eigenvalue weighted by atomic mass is 19.1. The Morgan fingerprint density at radius 2 is 1.97 bits per heavy atom.